The molecule has 0 radical (unpaired) electrons. The molecule has 0 unspecified atom stereocenters. The zero-order valence-corrected chi connectivity index (χ0v) is 32.6. The first-order chi connectivity index (χ1) is 29.8. The first kappa shape index (κ1) is 34.0. The van der Waals surface area contributed by atoms with Gasteiger partial charge in [-0.15, -0.1) is 0 Å². The highest BCUT2D eigenvalue weighted by atomic mass is 15.0. The van der Waals surface area contributed by atoms with Crippen molar-refractivity contribution >= 4 is 54.4 Å². The van der Waals surface area contributed by atoms with E-state index in [9.17, 15) is 0 Å². The quantitative estimate of drug-likeness (QED) is 0.169. The molecule has 0 bridgehead atoms. The maximum absolute atomic E-state index is 5.31. The summed E-state index contributed by atoms with van der Waals surface area (Å²) in [5, 5.41) is 7.10. The van der Waals surface area contributed by atoms with Crippen LogP contribution < -0.4 is 0 Å². The Labute approximate surface area is 346 Å². The fourth-order valence-electron chi connectivity index (χ4n) is 9.20. The predicted octanol–water partition coefficient (Wildman–Crippen LogP) is 14.5. The summed E-state index contributed by atoms with van der Waals surface area (Å²) in [5.41, 5.74) is 14.1. The van der Waals surface area contributed by atoms with E-state index >= 15 is 0 Å². The summed E-state index contributed by atoms with van der Waals surface area (Å²) >= 11 is 0. The fraction of sp³-hybridized carbons (Fsp3) is 0. The summed E-state index contributed by atoms with van der Waals surface area (Å²) in [6.45, 7) is 0. The van der Waals surface area contributed by atoms with Gasteiger partial charge in [-0.2, -0.15) is 0 Å². The second-order valence-electron chi connectivity index (χ2n) is 15.4. The van der Waals surface area contributed by atoms with Crippen molar-refractivity contribution in [1.82, 2.24) is 19.1 Å². The van der Waals surface area contributed by atoms with Crippen LogP contribution in [0.25, 0.3) is 111 Å². The molecule has 12 aromatic rings. The van der Waals surface area contributed by atoms with Gasteiger partial charge in [-0.05, 0) is 70.4 Å². The molecule has 280 valence electrons. The van der Waals surface area contributed by atoms with E-state index in [4.69, 9.17) is 9.97 Å². The predicted molar refractivity (Wildman–Crippen MR) is 250 cm³/mol. The monoisotopic (exact) mass is 764 g/mol. The van der Waals surface area contributed by atoms with E-state index in [1.54, 1.807) is 0 Å². The number of hydrogen-bond acceptors (Lipinski definition) is 2. The van der Waals surface area contributed by atoms with Crippen molar-refractivity contribution in [1.29, 1.82) is 0 Å². The number of hydrogen-bond donors (Lipinski definition) is 0. The average Bonchev–Trinajstić information content (AvgIpc) is 3.85. The van der Waals surface area contributed by atoms with Crippen LogP contribution in [0, 0.1) is 0 Å². The van der Waals surface area contributed by atoms with Gasteiger partial charge < -0.3 is 9.13 Å². The third-order valence-electron chi connectivity index (χ3n) is 11.9. The molecule has 0 aliphatic heterocycles. The van der Waals surface area contributed by atoms with E-state index < -0.39 is 0 Å². The Hall–Kier alpha value is -8.08. The van der Waals surface area contributed by atoms with Crippen LogP contribution in [0.1, 0.15) is 0 Å². The Kier molecular flexibility index (Phi) is 7.82. The van der Waals surface area contributed by atoms with E-state index in [1.165, 1.54) is 43.7 Å². The number of nitrogens with zero attached hydrogens (tertiary/aromatic N) is 4. The van der Waals surface area contributed by atoms with Gasteiger partial charge in [0.15, 0.2) is 5.82 Å². The highest BCUT2D eigenvalue weighted by Gasteiger charge is 2.22. The first-order valence-corrected chi connectivity index (χ1v) is 20.4. The fourth-order valence-corrected chi connectivity index (χ4v) is 9.20. The van der Waals surface area contributed by atoms with Crippen molar-refractivity contribution in [2.75, 3.05) is 0 Å². The minimum absolute atomic E-state index is 0.690. The van der Waals surface area contributed by atoms with Crippen LogP contribution >= 0.6 is 0 Å². The lowest BCUT2D eigenvalue weighted by Gasteiger charge is -2.15. The largest absolute Gasteiger partial charge is 0.309 e. The summed E-state index contributed by atoms with van der Waals surface area (Å²) in [6.07, 6.45) is 0. The minimum Gasteiger partial charge on any atom is -0.309 e. The van der Waals surface area contributed by atoms with E-state index in [1.807, 2.05) is 12.1 Å². The normalized spacial score (nSPS) is 11.7. The molecule has 9 aromatic carbocycles. The van der Waals surface area contributed by atoms with Crippen molar-refractivity contribution in [3.8, 4) is 56.4 Å². The second kappa shape index (κ2) is 13.8. The minimum atomic E-state index is 0.690. The lowest BCUT2D eigenvalue weighted by molar-refractivity contribution is 1.16. The molecule has 3 heterocycles. The molecule has 4 heteroatoms. The molecule has 0 saturated heterocycles. The summed E-state index contributed by atoms with van der Waals surface area (Å²) in [4.78, 5) is 10.6. The third kappa shape index (κ3) is 5.46. The van der Waals surface area contributed by atoms with Gasteiger partial charge in [-0.3, -0.25) is 0 Å². The molecule has 0 amide bonds. The standard InChI is InChI=1S/C56H36N4/c1-4-17-37(18-5-1)40-24-16-25-42(33-40)60-51-29-14-12-27-45(51)46-31-32-53-54(55(46)60)47-28-13-15-30-52(47)59(53)43-34-41-23-10-11-26-44(41)48(35-43)56-57-49(38-19-6-2-7-20-38)36-50(58-56)39-21-8-3-9-22-39/h1-36H. The van der Waals surface area contributed by atoms with E-state index in [0.717, 1.165) is 61.3 Å². The molecule has 0 saturated carbocycles. The van der Waals surface area contributed by atoms with E-state index in [-0.39, 0.29) is 0 Å². The van der Waals surface area contributed by atoms with Gasteiger partial charge in [0.05, 0.1) is 33.5 Å². The smallest absolute Gasteiger partial charge is 0.161 e. The molecule has 0 aliphatic carbocycles. The first-order valence-electron chi connectivity index (χ1n) is 20.4. The van der Waals surface area contributed by atoms with Gasteiger partial charge >= 0.3 is 0 Å². The van der Waals surface area contributed by atoms with Gasteiger partial charge in [-0.25, -0.2) is 9.97 Å². The molecule has 12 rings (SSSR count). The highest BCUT2D eigenvalue weighted by Crippen LogP contribution is 2.43. The van der Waals surface area contributed by atoms with Crippen molar-refractivity contribution in [2.24, 2.45) is 0 Å². The van der Waals surface area contributed by atoms with Crippen LogP contribution in [-0.2, 0) is 0 Å². The van der Waals surface area contributed by atoms with E-state index in [2.05, 4.69) is 215 Å². The second-order valence-corrected chi connectivity index (χ2v) is 15.4. The molecule has 0 fully saturated rings. The Balaban J connectivity index is 1.15. The molecular weight excluding hydrogens is 729 g/mol. The van der Waals surface area contributed by atoms with Crippen LogP contribution in [0.5, 0.6) is 0 Å². The number of rotatable bonds is 6. The summed E-state index contributed by atoms with van der Waals surface area (Å²) in [6, 6.07) is 77.9. The molecule has 0 spiro atoms. The number of benzene rings is 9. The van der Waals surface area contributed by atoms with Crippen LogP contribution in [0.15, 0.2) is 218 Å². The van der Waals surface area contributed by atoms with Gasteiger partial charge in [-0.1, -0.05) is 170 Å². The number of fused-ring (bicyclic) bond motifs is 8. The van der Waals surface area contributed by atoms with Crippen molar-refractivity contribution < 1.29 is 0 Å². The maximum atomic E-state index is 5.31. The number of para-hydroxylation sites is 2. The van der Waals surface area contributed by atoms with Crippen LogP contribution in [0.4, 0.5) is 0 Å². The molecule has 4 nitrogen and oxygen atoms in total. The lowest BCUT2D eigenvalue weighted by atomic mass is 10.0. The van der Waals surface area contributed by atoms with Gasteiger partial charge in [0, 0.05) is 49.6 Å². The summed E-state index contributed by atoms with van der Waals surface area (Å²) in [5.74, 6) is 0.690. The molecule has 3 aromatic heterocycles. The van der Waals surface area contributed by atoms with Crippen molar-refractivity contribution in [3.05, 3.63) is 218 Å². The molecular formula is C56H36N4. The zero-order chi connectivity index (χ0) is 39.6. The summed E-state index contributed by atoms with van der Waals surface area (Å²) in [7, 11) is 0. The summed E-state index contributed by atoms with van der Waals surface area (Å²) < 4.78 is 4.90. The maximum Gasteiger partial charge on any atom is 0.161 e. The molecule has 0 aliphatic rings. The van der Waals surface area contributed by atoms with Crippen molar-refractivity contribution in [2.45, 2.75) is 0 Å². The molecule has 0 atom stereocenters. The van der Waals surface area contributed by atoms with Crippen molar-refractivity contribution in [3.63, 3.8) is 0 Å². The SMILES string of the molecule is c1ccc(-c2cccc(-n3c4ccccc4c4ccc5c(c6ccccc6n5-c5cc(-c6nc(-c7ccccc7)cc(-c7ccccc7)n6)c6ccccc6c5)c43)c2)cc1. The zero-order valence-electron chi connectivity index (χ0n) is 32.6. The van der Waals surface area contributed by atoms with Crippen LogP contribution in [-0.4, -0.2) is 19.1 Å². The molecule has 0 N–H and O–H groups in total. The van der Waals surface area contributed by atoms with Crippen LogP contribution in [0.3, 0.4) is 0 Å². The number of aromatic nitrogens is 4. The third-order valence-corrected chi connectivity index (χ3v) is 11.9. The van der Waals surface area contributed by atoms with Gasteiger partial charge in [0.1, 0.15) is 0 Å². The lowest BCUT2D eigenvalue weighted by Crippen LogP contribution is -1.99. The van der Waals surface area contributed by atoms with Crippen LogP contribution in [0.2, 0.25) is 0 Å². The Morgan fingerprint density at radius 3 is 1.58 bits per heavy atom. The van der Waals surface area contributed by atoms with Gasteiger partial charge in [0.25, 0.3) is 0 Å². The van der Waals surface area contributed by atoms with Gasteiger partial charge in [0.2, 0.25) is 0 Å². The average molecular weight is 765 g/mol. The highest BCUT2D eigenvalue weighted by molar-refractivity contribution is 6.26. The Morgan fingerprint density at radius 2 is 0.883 bits per heavy atom. The topological polar surface area (TPSA) is 35.6 Å². The Morgan fingerprint density at radius 1 is 0.317 bits per heavy atom. The molecule has 60 heavy (non-hydrogen) atoms. The Bertz CT molecular complexity index is 3530. The van der Waals surface area contributed by atoms with E-state index in [0.29, 0.717) is 5.82 Å².